The zero-order chi connectivity index (χ0) is 13.6. The van der Waals surface area contributed by atoms with Crippen LogP contribution in [0.25, 0.3) is 0 Å². The Hall–Kier alpha value is -1.13. The first kappa shape index (κ1) is 14.9. The molecule has 18 heavy (non-hydrogen) atoms. The van der Waals surface area contributed by atoms with Crippen molar-refractivity contribution in [2.75, 3.05) is 13.7 Å². The lowest BCUT2D eigenvalue weighted by molar-refractivity contribution is 0.0715. The first-order valence-electron chi connectivity index (χ1n) is 6.26. The molecule has 0 aromatic carbocycles. The first-order valence-corrected chi connectivity index (χ1v) is 6.26. The van der Waals surface area contributed by atoms with Crippen LogP contribution in [0.1, 0.15) is 33.4 Å². The van der Waals surface area contributed by atoms with E-state index in [4.69, 9.17) is 9.47 Å². The Morgan fingerprint density at radius 1 is 1.33 bits per heavy atom. The second-order valence-electron chi connectivity index (χ2n) is 5.45. The molecule has 0 saturated heterocycles. The van der Waals surface area contributed by atoms with Gasteiger partial charge in [-0.15, -0.1) is 0 Å². The van der Waals surface area contributed by atoms with E-state index in [1.807, 2.05) is 19.1 Å². The van der Waals surface area contributed by atoms with Crippen LogP contribution in [0.15, 0.2) is 18.3 Å². The third-order valence-electron chi connectivity index (χ3n) is 2.48. The Bertz CT molecular complexity index is 344. The van der Waals surface area contributed by atoms with Crippen LogP contribution in [0.4, 0.5) is 0 Å². The number of hydrogen-bond acceptors (Lipinski definition) is 4. The van der Waals surface area contributed by atoms with E-state index in [-0.39, 0.29) is 11.6 Å². The number of aromatic nitrogens is 1. The van der Waals surface area contributed by atoms with E-state index in [1.165, 1.54) is 0 Å². The van der Waals surface area contributed by atoms with Crippen molar-refractivity contribution in [3.05, 3.63) is 24.0 Å². The van der Waals surface area contributed by atoms with Crippen molar-refractivity contribution < 1.29 is 9.47 Å². The molecule has 1 heterocycles. The second kappa shape index (κ2) is 6.71. The van der Waals surface area contributed by atoms with Gasteiger partial charge in [0.15, 0.2) is 0 Å². The van der Waals surface area contributed by atoms with Crippen LogP contribution in [-0.4, -0.2) is 30.3 Å². The Labute approximate surface area is 110 Å². The number of nitrogens with zero attached hydrogens (tertiary/aromatic N) is 1. The molecule has 0 bridgehead atoms. The van der Waals surface area contributed by atoms with Crippen LogP contribution in [0.2, 0.25) is 0 Å². The van der Waals surface area contributed by atoms with Gasteiger partial charge in [-0.3, -0.25) is 4.98 Å². The number of pyridine rings is 1. The van der Waals surface area contributed by atoms with E-state index in [0.29, 0.717) is 6.61 Å². The molecule has 0 radical (unpaired) electrons. The van der Waals surface area contributed by atoms with E-state index < -0.39 is 0 Å². The zero-order valence-electron chi connectivity index (χ0n) is 12.0. The van der Waals surface area contributed by atoms with Gasteiger partial charge >= 0.3 is 0 Å². The molecule has 0 aliphatic rings. The molecule has 0 saturated carbocycles. The van der Waals surface area contributed by atoms with Crippen LogP contribution in [0, 0.1) is 0 Å². The number of nitrogens with one attached hydrogen (secondary N) is 1. The van der Waals surface area contributed by atoms with Gasteiger partial charge in [0, 0.05) is 19.2 Å². The lowest BCUT2D eigenvalue weighted by atomic mass is 10.1. The van der Waals surface area contributed by atoms with Crippen LogP contribution in [0.3, 0.4) is 0 Å². The smallest absolute Gasteiger partial charge is 0.137 e. The Morgan fingerprint density at radius 2 is 2.06 bits per heavy atom. The summed E-state index contributed by atoms with van der Waals surface area (Å²) in [5.74, 6) is 0.776. The molecule has 0 spiro atoms. The highest BCUT2D eigenvalue weighted by molar-refractivity contribution is 5.19. The number of ether oxygens (including phenoxy) is 2. The van der Waals surface area contributed by atoms with Crippen molar-refractivity contribution in [2.24, 2.45) is 0 Å². The summed E-state index contributed by atoms with van der Waals surface area (Å²) in [7, 11) is 1.67. The van der Waals surface area contributed by atoms with Crippen molar-refractivity contribution in [1.82, 2.24) is 10.3 Å². The number of hydrogen-bond donors (Lipinski definition) is 1. The molecule has 4 nitrogen and oxygen atoms in total. The SMILES string of the molecule is COC(C)COc1ccc(CNC(C)(C)C)nc1. The van der Waals surface area contributed by atoms with Crippen molar-refractivity contribution >= 4 is 0 Å². The minimum atomic E-state index is 0.0900. The fourth-order valence-corrected chi connectivity index (χ4v) is 1.24. The van der Waals surface area contributed by atoms with Gasteiger partial charge < -0.3 is 14.8 Å². The van der Waals surface area contributed by atoms with E-state index >= 15 is 0 Å². The molecular weight excluding hydrogens is 228 g/mol. The predicted octanol–water partition coefficient (Wildman–Crippen LogP) is 2.38. The zero-order valence-corrected chi connectivity index (χ0v) is 12.0. The highest BCUT2D eigenvalue weighted by Gasteiger charge is 2.08. The summed E-state index contributed by atoms with van der Waals surface area (Å²) in [4.78, 5) is 4.36. The topological polar surface area (TPSA) is 43.4 Å². The van der Waals surface area contributed by atoms with E-state index in [0.717, 1.165) is 18.0 Å². The molecule has 1 aromatic rings. The van der Waals surface area contributed by atoms with Crippen LogP contribution in [-0.2, 0) is 11.3 Å². The highest BCUT2D eigenvalue weighted by Crippen LogP contribution is 2.10. The van der Waals surface area contributed by atoms with Crippen LogP contribution in [0.5, 0.6) is 5.75 Å². The average molecular weight is 252 g/mol. The van der Waals surface area contributed by atoms with Crippen molar-refractivity contribution in [3.63, 3.8) is 0 Å². The molecule has 0 aliphatic carbocycles. The Kier molecular flexibility index (Phi) is 5.56. The molecule has 4 heteroatoms. The summed E-state index contributed by atoms with van der Waals surface area (Å²) in [5.41, 5.74) is 1.11. The van der Waals surface area contributed by atoms with Crippen molar-refractivity contribution in [2.45, 2.75) is 45.9 Å². The third kappa shape index (κ3) is 5.98. The quantitative estimate of drug-likeness (QED) is 0.844. The van der Waals surface area contributed by atoms with Gasteiger partial charge in [0.25, 0.3) is 0 Å². The molecular formula is C14H24N2O2. The fraction of sp³-hybridized carbons (Fsp3) is 0.643. The maximum atomic E-state index is 5.55. The molecule has 1 unspecified atom stereocenters. The average Bonchev–Trinajstić information content (AvgIpc) is 2.33. The molecule has 102 valence electrons. The normalized spacial score (nSPS) is 13.4. The summed E-state index contributed by atoms with van der Waals surface area (Å²) in [6, 6.07) is 3.92. The molecule has 0 aliphatic heterocycles. The van der Waals surface area contributed by atoms with Gasteiger partial charge in [-0.2, -0.15) is 0 Å². The van der Waals surface area contributed by atoms with E-state index in [2.05, 4.69) is 31.1 Å². The Balaban J connectivity index is 2.42. The minimum Gasteiger partial charge on any atom is -0.489 e. The summed E-state index contributed by atoms with van der Waals surface area (Å²) >= 11 is 0. The second-order valence-corrected chi connectivity index (χ2v) is 5.45. The van der Waals surface area contributed by atoms with Gasteiger partial charge in [0.05, 0.1) is 18.0 Å². The Morgan fingerprint density at radius 3 is 2.56 bits per heavy atom. The minimum absolute atomic E-state index is 0.0900. The first-order chi connectivity index (χ1) is 8.40. The van der Waals surface area contributed by atoms with Crippen LogP contribution < -0.4 is 10.1 Å². The number of rotatable bonds is 6. The lowest BCUT2D eigenvalue weighted by Gasteiger charge is -2.20. The lowest BCUT2D eigenvalue weighted by Crippen LogP contribution is -2.35. The van der Waals surface area contributed by atoms with Crippen molar-refractivity contribution in [1.29, 1.82) is 0 Å². The summed E-state index contributed by atoms with van der Waals surface area (Å²) in [6.07, 6.45) is 1.84. The van der Waals surface area contributed by atoms with Gasteiger partial charge in [-0.1, -0.05) is 0 Å². The highest BCUT2D eigenvalue weighted by atomic mass is 16.5. The molecule has 1 aromatic heterocycles. The molecule has 1 rings (SSSR count). The fourth-order valence-electron chi connectivity index (χ4n) is 1.24. The molecule has 1 N–H and O–H groups in total. The maximum absolute atomic E-state index is 5.55. The predicted molar refractivity (Wildman–Crippen MR) is 72.8 cm³/mol. The molecule has 0 fully saturated rings. The van der Waals surface area contributed by atoms with Crippen LogP contribution >= 0.6 is 0 Å². The molecule has 0 amide bonds. The standard InChI is InChI=1S/C14H24N2O2/c1-11(17-5)10-18-13-7-6-12(15-9-13)8-16-14(2,3)4/h6-7,9,11,16H,8,10H2,1-5H3. The maximum Gasteiger partial charge on any atom is 0.137 e. The van der Waals surface area contributed by atoms with Gasteiger partial charge in [0.2, 0.25) is 0 Å². The van der Waals surface area contributed by atoms with E-state index in [9.17, 15) is 0 Å². The van der Waals surface area contributed by atoms with Gasteiger partial charge in [0.1, 0.15) is 12.4 Å². The monoisotopic (exact) mass is 252 g/mol. The number of methoxy groups -OCH3 is 1. The van der Waals surface area contributed by atoms with Gasteiger partial charge in [-0.05, 0) is 39.8 Å². The van der Waals surface area contributed by atoms with E-state index in [1.54, 1.807) is 13.3 Å². The summed E-state index contributed by atoms with van der Waals surface area (Å²) in [6.45, 7) is 9.68. The summed E-state index contributed by atoms with van der Waals surface area (Å²) < 4.78 is 10.7. The molecule has 1 atom stereocenters. The largest absolute Gasteiger partial charge is 0.489 e. The summed E-state index contributed by atoms with van der Waals surface area (Å²) in [5, 5.41) is 3.39. The third-order valence-corrected chi connectivity index (χ3v) is 2.48. The van der Waals surface area contributed by atoms with Gasteiger partial charge in [-0.25, -0.2) is 0 Å². The van der Waals surface area contributed by atoms with Crippen molar-refractivity contribution in [3.8, 4) is 5.75 Å².